The van der Waals surface area contributed by atoms with Crippen LogP contribution in [0.25, 0.3) is 11.2 Å². The van der Waals surface area contributed by atoms with Crippen LogP contribution < -0.4 is 5.73 Å². The maximum atomic E-state index is 6.16. The SMILES string of the molecule is CCCc1nn(C)c2c1nc(N)n2C1CCCSC1. The Morgan fingerprint density at radius 3 is 3.00 bits per heavy atom. The third kappa shape index (κ3) is 2.12. The lowest BCUT2D eigenvalue weighted by atomic mass is 10.2. The van der Waals surface area contributed by atoms with Crippen LogP contribution in [0.15, 0.2) is 0 Å². The molecule has 3 heterocycles. The zero-order valence-electron chi connectivity index (χ0n) is 11.6. The molecule has 0 bridgehead atoms. The summed E-state index contributed by atoms with van der Waals surface area (Å²) in [7, 11) is 2.00. The molecule has 19 heavy (non-hydrogen) atoms. The van der Waals surface area contributed by atoms with Crippen LogP contribution in [0, 0.1) is 0 Å². The van der Waals surface area contributed by atoms with E-state index in [1.807, 2.05) is 23.5 Å². The van der Waals surface area contributed by atoms with Gasteiger partial charge in [-0.1, -0.05) is 13.3 Å². The van der Waals surface area contributed by atoms with Crippen LogP contribution in [-0.4, -0.2) is 30.8 Å². The summed E-state index contributed by atoms with van der Waals surface area (Å²) in [6, 6.07) is 0.466. The minimum Gasteiger partial charge on any atom is -0.369 e. The quantitative estimate of drug-likeness (QED) is 0.937. The highest BCUT2D eigenvalue weighted by atomic mass is 32.2. The number of nitrogens with zero attached hydrogens (tertiary/aromatic N) is 4. The highest BCUT2D eigenvalue weighted by Gasteiger charge is 2.24. The first-order valence-corrected chi connectivity index (χ1v) is 8.14. The maximum absolute atomic E-state index is 6.16. The number of aryl methyl sites for hydroxylation is 2. The largest absolute Gasteiger partial charge is 0.369 e. The number of hydrogen-bond donors (Lipinski definition) is 1. The summed E-state index contributed by atoms with van der Waals surface area (Å²) in [5, 5.41) is 4.61. The first-order valence-electron chi connectivity index (χ1n) is 6.99. The monoisotopic (exact) mass is 279 g/mol. The molecule has 2 N–H and O–H groups in total. The van der Waals surface area contributed by atoms with E-state index in [1.165, 1.54) is 18.6 Å². The second-order valence-corrected chi connectivity index (χ2v) is 6.35. The van der Waals surface area contributed by atoms with Gasteiger partial charge in [-0.05, 0) is 25.0 Å². The molecule has 2 aromatic rings. The van der Waals surface area contributed by atoms with Crippen molar-refractivity contribution in [1.82, 2.24) is 19.3 Å². The van der Waals surface area contributed by atoms with E-state index in [-0.39, 0.29) is 0 Å². The smallest absolute Gasteiger partial charge is 0.202 e. The van der Waals surface area contributed by atoms with Gasteiger partial charge in [-0.25, -0.2) is 4.98 Å². The number of hydrogen-bond acceptors (Lipinski definition) is 4. The zero-order chi connectivity index (χ0) is 13.4. The first-order chi connectivity index (χ1) is 9.22. The van der Waals surface area contributed by atoms with Crippen molar-refractivity contribution in [2.75, 3.05) is 17.2 Å². The Labute approximate surface area is 117 Å². The van der Waals surface area contributed by atoms with Gasteiger partial charge >= 0.3 is 0 Å². The number of fused-ring (bicyclic) bond motifs is 1. The van der Waals surface area contributed by atoms with E-state index >= 15 is 0 Å². The number of imidazole rings is 1. The molecule has 0 amide bonds. The fourth-order valence-electron chi connectivity index (χ4n) is 2.91. The Hall–Kier alpha value is -1.17. The molecule has 0 spiro atoms. The molecule has 0 aliphatic carbocycles. The van der Waals surface area contributed by atoms with Crippen molar-refractivity contribution in [3.63, 3.8) is 0 Å². The normalized spacial score (nSPS) is 20.2. The molecule has 1 atom stereocenters. The highest BCUT2D eigenvalue weighted by molar-refractivity contribution is 7.99. The van der Waals surface area contributed by atoms with Crippen molar-refractivity contribution < 1.29 is 0 Å². The van der Waals surface area contributed by atoms with Gasteiger partial charge in [0, 0.05) is 18.8 Å². The van der Waals surface area contributed by atoms with Crippen molar-refractivity contribution in [3.8, 4) is 0 Å². The zero-order valence-corrected chi connectivity index (χ0v) is 12.4. The molecule has 104 valence electrons. The lowest BCUT2D eigenvalue weighted by molar-refractivity contribution is 0.507. The van der Waals surface area contributed by atoms with E-state index in [9.17, 15) is 0 Å². The van der Waals surface area contributed by atoms with Crippen molar-refractivity contribution in [1.29, 1.82) is 0 Å². The molecule has 0 aromatic carbocycles. The Kier molecular flexibility index (Phi) is 3.43. The predicted octanol–water partition coefficient (Wildman–Crippen LogP) is 2.37. The van der Waals surface area contributed by atoms with Crippen LogP contribution in [-0.2, 0) is 13.5 Å². The lowest BCUT2D eigenvalue weighted by Crippen LogP contribution is -2.19. The summed E-state index contributed by atoms with van der Waals surface area (Å²) < 4.78 is 4.15. The number of nitrogens with two attached hydrogens (primary N) is 1. The standard InChI is InChI=1S/C13H21N5S/c1-3-5-10-11-12(17(2)16-10)18(13(14)15-11)9-6-4-7-19-8-9/h9H,3-8H2,1-2H3,(H2,14,15). The molecule has 0 radical (unpaired) electrons. The van der Waals surface area contributed by atoms with Gasteiger partial charge in [-0.3, -0.25) is 9.25 Å². The third-order valence-electron chi connectivity index (χ3n) is 3.75. The number of aromatic nitrogens is 4. The minimum absolute atomic E-state index is 0.466. The van der Waals surface area contributed by atoms with Crippen LogP contribution in [0.3, 0.4) is 0 Å². The second-order valence-electron chi connectivity index (χ2n) is 5.20. The number of anilines is 1. The molecule has 1 saturated heterocycles. The van der Waals surface area contributed by atoms with Crippen LogP contribution in [0.5, 0.6) is 0 Å². The highest BCUT2D eigenvalue weighted by Crippen LogP contribution is 2.33. The Morgan fingerprint density at radius 1 is 1.47 bits per heavy atom. The number of thioether (sulfide) groups is 1. The van der Waals surface area contributed by atoms with Crippen molar-refractivity contribution in [3.05, 3.63) is 5.69 Å². The molecule has 6 heteroatoms. The van der Waals surface area contributed by atoms with Crippen molar-refractivity contribution in [2.45, 2.75) is 38.6 Å². The van der Waals surface area contributed by atoms with E-state index in [0.29, 0.717) is 12.0 Å². The number of rotatable bonds is 3. The fourth-order valence-corrected chi connectivity index (χ4v) is 4.04. The average Bonchev–Trinajstić information content (AvgIpc) is 2.89. The van der Waals surface area contributed by atoms with Gasteiger partial charge in [0.1, 0.15) is 5.52 Å². The molecule has 3 rings (SSSR count). The van der Waals surface area contributed by atoms with E-state index < -0.39 is 0 Å². The first kappa shape index (κ1) is 12.8. The minimum atomic E-state index is 0.466. The topological polar surface area (TPSA) is 61.7 Å². The van der Waals surface area contributed by atoms with E-state index in [4.69, 9.17) is 5.73 Å². The van der Waals surface area contributed by atoms with Gasteiger partial charge < -0.3 is 5.73 Å². The summed E-state index contributed by atoms with van der Waals surface area (Å²) >= 11 is 2.01. The number of nitrogen functional groups attached to an aromatic ring is 1. The van der Waals surface area contributed by atoms with E-state index in [0.717, 1.165) is 35.5 Å². The molecule has 1 fully saturated rings. The van der Waals surface area contributed by atoms with Gasteiger partial charge in [0.25, 0.3) is 0 Å². The maximum Gasteiger partial charge on any atom is 0.202 e. The molecule has 2 aromatic heterocycles. The fraction of sp³-hybridized carbons (Fsp3) is 0.692. The molecule has 0 saturated carbocycles. The molecule has 1 unspecified atom stereocenters. The molecule has 1 aliphatic rings. The summed E-state index contributed by atoms with van der Waals surface area (Å²) in [4.78, 5) is 4.58. The van der Waals surface area contributed by atoms with Gasteiger partial charge in [0.05, 0.1) is 5.69 Å². The van der Waals surface area contributed by atoms with Crippen molar-refractivity contribution in [2.24, 2.45) is 7.05 Å². The Balaban J connectivity index is 2.10. The predicted molar refractivity (Wildman–Crippen MR) is 80.5 cm³/mol. The van der Waals surface area contributed by atoms with Gasteiger partial charge in [0.15, 0.2) is 5.65 Å². The molecular formula is C13H21N5S. The molecule has 1 aliphatic heterocycles. The second kappa shape index (κ2) is 5.07. The summed E-state index contributed by atoms with van der Waals surface area (Å²) in [5.74, 6) is 3.04. The Morgan fingerprint density at radius 2 is 2.32 bits per heavy atom. The van der Waals surface area contributed by atoms with Crippen LogP contribution in [0.4, 0.5) is 5.95 Å². The third-order valence-corrected chi connectivity index (χ3v) is 4.95. The summed E-state index contributed by atoms with van der Waals surface area (Å²) in [5.41, 5.74) is 9.33. The summed E-state index contributed by atoms with van der Waals surface area (Å²) in [6.45, 7) is 2.17. The van der Waals surface area contributed by atoms with Gasteiger partial charge in [-0.15, -0.1) is 0 Å². The van der Waals surface area contributed by atoms with E-state index in [2.05, 4.69) is 21.6 Å². The van der Waals surface area contributed by atoms with Gasteiger partial charge in [0.2, 0.25) is 5.95 Å². The van der Waals surface area contributed by atoms with Crippen LogP contribution >= 0.6 is 11.8 Å². The Bertz CT molecular complexity index is 579. The van der Waals surface area contributed by atoms with Crippen LogP contribution in [0.1, 0.15) is 37.9 Å². The molecular weight excluding hydrogens is 258 g/mol. The summed E-state index contributed by atoms with van der Waals surface area (Å²) in [6.07, 6.45) is 4.50. The van der Waals surface area contributed by atoms with E-state index in [1.54, 1.807) is 0 Å². The van der Waals surface area contributed by atoms with Gasteiger partial charge in [-0.2, -0.15) is 16.9 Å². The van der Waals surface area contributed by atoms with Crippen molar-refractivity contribution >= 4 is 28.9 Å². The molecule has 5 nitrogen and oxygen atoms in total. The van der Waals surface area contributed by atoms with Crippen LogP contribution in [0.2, 0.25) is 0 Å². The lowest BCUT2D eigenvalue weighted by Gasteiger charge is -2.24. The average molecular weight is 279 g/mol.